The van der Waals surface area contributed by atoms with Crippen LogP contribution in [0.25, 0.3) is 0 Å². The van der Waals surface area contributed by atoms with Crippen molar-refractivity contribution in [2.75, 3.05) is 56.0 Å². The first kappa shape index (κ1) is 62.2. The van der Waals surface area contributed by atoms with E-state index in [4.69, 9.17) is 38.0 Å². The first-order valence-corrected chi connectivity index (χ1v) is 23.3. The number of sulfone groups is 2. The van der Waals surface area contributed by atoms with E-state index in [0.717, 1.165) is 0 Å². The molecule has 0 atom stereocenters. The summed E-state index contributed by atoms with van der Waals surface area (Å²) in [5.74, 6) is -0.0211. The van der Waals surface area contributed by atoms with Crippen molar-refractivity contribution in [2.45, 2.75) is 51.3 Å². The number of alkyl halides is 1. The quantitative estimate of drug-likeness (QED) is 0.0302. The smallest absolute Gasteiger partial charge is 1.00 e. The molecule has 0 radical (unpaired) electrons. The van der Waals surface area contributed by atoms with E-state index in [9.17, 15) is 35.6 Å². The summed E-state index contributed by atoms with van der Waals surface area (Å²) in [4.78, 5) is 32.2. The molecule has 0 heterocycles. The van der Waals surface area contributed by atoms with Gasteiger partial charge in [-0.05, 0) is 90.1 Å². The van der Waals surface area contributed by atoms with Crippen molar-refractivity contribution >= 4 is 69.0 Å². The van der Waals surface area contributed by atoms with E-state index in [1.165, 1.54) is 55.5 Å². The number of Topliss-reactive ketones (excluding diaryl/α,β-unsaturated/α-hetero) is 1. The molecule has 0 fully saturated rings. The van der Waals surface area contributed by atoms with E-state index < -0.39 is 45.9 Å². The van der Waals surface area contributed by atoms with Gasteiger partial charge >= 0.3 is 124 Å². The van der Waals surface area contributed by atoms with Gasteiger partial charge in [-0.25, -0.2) is 16.8 Å². The predicted molar refractivity (Wildman–Crippen MR) is 195 cm³/mol. The van der Waals surface area contributed by atoms with E-state index in [1.54, 1.807) is 34.6 Å². The van der Waals surface area contributed by atoms with Gasteiger partial charge in [0.25, 0.3) is 6.47 Å². The zero-order valence-corrected chi connectivity index (χ0v) is 43.3. The molecule has 18 nitrogen and oxygen atoms in total. The minimum absolute atomic E-state index is 0. The Morgan fingerprint density at radius 3 is 1.35 bits per heavy atom. The van der Waals surface area contributed by atoms with Crippen LogP contribution >= 0.6 is 31.1 Å². The molecule has 0 amide bonds. The number of benzene rings is 2. The average Bonchev–Trinajstić information content (AvgIpc) is 3.08. The minimum atomic E-state index is -3.85. The summed E-state index contributed by atoms with van der Waals surface area (Å²) >= 11 is 2.94. The Labute approximate surface area is 417 Å². The van der Waals surface area contributed by atoms with Crippen molar-refractivity contribution in [1.82, 2.24) is 0 Å². The molecule has 0 aliphatic carbocycles. The third kappa shape index (κ3) is 29.4. The van der Waals surface area contributed by atoms with Gasteiger partial charge < -0.3 is 44.2 Å². The summed E-state index contributed by atoms with van der Waals surface area (Å²) < 4.78 is 103. The van der Waals surface area contributed by atoms with Gasteiger partial charge in [0.1, 0.15) is 23.4 Å². The summed E-state index contributed by atoms with van der Waals surface area (Å²) in [7, 11) is -15.0. The van der Waals surface area contributed by atoms with E-state index in [1.807, 2.05) is 0 Å². The maximum atomic E-state index is 12.4. The van der Waals surface area contributed by atoms with Crippen LogP contribution in [0.3, 0.4) is 0 Å². The first-order valence-electron chi connectivity index (χ1n) is 15.4. The van der Waals surface area contributed by atoms with Crippen LogP contribution in [0.5, 0.6) is 11.5 Å². The van der Waals surface area contributed by atoms with Crippen LogP contribution in [0.1, 0.15) is 43.0 Å². The van der Waals surface area contributed by atoms with Crippen molar-refractivity contribution in [3.05, 3.63) is 48.5 Å². The molecule has 2 rings (SSSR count). The summed E-state index contributed by atoms with van der Waals surface area (Å²) in [5, 5.41) is 17.8. The van der Waals surface area contributed by atoms with Gasteiger partial charge in [-0.1, -0.05) is 15.9 Å². The van der Waals surface area contributed by atoms with Crippen LogP contribution in [0.15, 0.2) is 58.3 Å². The second kappa shape index (κ2) is 34.3. The molecule has 0 bridgehead atoms. The number of halogens is 1. The molecule has 25 heteroatoms. The number of phenolic OH excluding ortho intramolecular Hbond substituents is 1. The van der Waals surface area contributed by atoms with Crippen LogP contribution < -0.4 is 113 Å². The van der Waals surface area contributed by atoms with Gasteiger partial charge in [0, 0.05) is 0 Å². The number of ether oxygens (including phenoxy) is 2. The fraction of sp³-hybridized carbons (Fsp3) is 0.500. The molecule has 306 valence electrons. The number of carbonyl (C=O) groups is 3. The second-order valence-electron chi connectivity index (χ2n) is 9.47. The Morgan fingerprint density at radius 2 is 1.09 bits per heavy atom. The van der Waals surface area contributed by atoms with E-state index >= 15 is 0 Å². The van der Waals surface area contributed by atoms with Crippen LogP contribution in [0.2, 0.25) is 0 Å². The minimum Gasteiger partial charge on any atom is -1.00 e. The molecule has 0 saturated carbocycles. The molecule has 0 saturated heterocycles. The summed E-state index contributed by atoms with van der Waals surface area (Å²) in [5.41, 5.74) is -1.44. The molecule has 1 N–H and O–H groups in total. The van der Waals surface area contributed by atoms with Crippen molar-refractivity contribution < 1.29 is 187 Å². The molecule has 2 aromatic rings. The normalized spacial score (nSPS) is 10.8. The number of phenols is 1. The fourth-order valence-electron chi connectivity index (χ4n) is 3.36. The largest absolute Gasteiger partial charge is 1.00 e. The van der Waals surface area contributed by atoms with Gasteiger partial charge in [-0.3, -0.25) is 23.5 Å². The summed E-state index contributed by atoms with van der Waals surface area (Å²) in [6, 6.07) is 10.5. The van der Waals surface area contributed by atoms with E-state index in [0.29, 0.717) is 17.7 Å². The molecule has 0 spiro atoms. The SMILES string of the molecule is CCOC(=O)CBr.CCOP(=O)(CS(=O)(=O)c1ccc(O)cc1)OCC.CCOP(=O)(CS(=O)(=O)c1ccc(OCC(C)=O)cc1)OCC.O=CO[O-].[H-].[K+].[K+]. The Hall–Kier alpha value is 0.563. The van der Waals surface area contributed by atoms with Crippen LogP contribution in [-0.4, -0.2) is 96.1 Å². The molecule has 55 heavy (non-hydrogen) atoms. The third-order valence-corrected chi connectivity index (χ3v) is 15.5. The summed E-state index contributed by atoms with van der Waals surface area (Å²) in [6.07, 6.45) is 0. The zero-order valence-electron chi connectivity index (χ0n) is 33.0. The monoisotopic (exact) mass is 978 g/mol. The number of hydrogen-bond acceptors (Lipinski definition) is 18. The van der Waals surface area contributed by atoms with Gasteiger partial charge in [-0.2, -0.15) is 0 Å². The predicted octanol–water partition coefficient (Wildman–Crippen LogP) is -1.46. The number of hydrogen-bond donors (Lipinski definition) is 1. The Balaban J connectivity index is -0.000000236. The van der Waals surface area contributed by atoms with E-state index in [-0.39, 0.29) is 171 Å². The van der Waals surface area contributed by atoms with Gasteiger partial charge in [0.2, 0.25) is 0 Å². The Bertz CT molecular complexity index is 1670. The maximum Gasteiger partial charge on any atom is 1.00 e. The molecule has 2 aromatic carbocycles. The van der Waals surface area contributed by atoms with Crippen LogP contribution in [0.4, 0.5) is 0 Å². The fourth-order valence-corrected chi connectivity index (χ4v) is 12.1. The van der Waals surface area contributed by atoms with Crippen molar-refractivity contribution in [1.29, 1.82) is 0 Å². The second-order valence-corrected chi connectivity index (χ2v) is 19.0. The molecule has 0 aliphatic rings. The van der Waals surface area contributed by atoms with Crippen molar-refractivity contribution in [3.8, 4) is 11.5 Å². The Kier molecular flexibility index (Phi) is 38.8. The van der Waals surface area contributed by atoms with Crippen molar-refractivity contribution in [2.24, 2.45) is 0 Å². The topological polar surface area (TPSA) is 262 Å². The van der Waals surface area contributed by atoms with Gasteiger partial charge in [-0.15, -0.1) is 0 Å². The van der Waals surface area contributed by atoms with Crippen molar-refractivity contribution in [3.63, 3.8) is 0 Å². The van der Waals surface area contributed by atoms with E-state index in [2.05, 4.69) is 25.6 Å². The number of aromatic hydroxyl groups is 1. The number of carbonyl (C=O) groups excluding carboxylic acids is 3. The van der Waals surface area contributed by atoms with Gasteiger partial charge in [0.05, 0.1) is 42.8 Å². The molecule has 0 unspecified atom stereocenters. The maximum absolute atomic E-state index is 12.4. The number of ketones is 1. The molecule has 0 aromatic heterocycles. The number of rotatable bonds is 20. The molecular formula is C30H47BrK2O18P2S2. The standard InChI is InChI=1S/C14H21O7PS.C11H17O6PS.C4H7BrO2.CH2O3.2K.H/c1-4-20-22(16,21-5-2)11-23(17,18)14-8-6-13(7-9-14)19-10-12(3)15;1-3-16-18(13,17-4-2)9-19(14,15)11-7-5-10(12)6-8-11;1-2-7-4(6)3-5;2-1-4-3;;;/h6-9H,4-5,10-11H2,1-3H3;5-8,12H,3-4,9H2,1-2H3;2-3H2,1H3;1,3H;;;/q;;;;2*+1;-1/p-1. The molecule has 0 aliphatic heterocycles. The van der Waals surface area contributed by atoms with Gasteiger partial charge in [0.15, 0.2) is 36.4 Å². The first-order chi connectivity index (χ1) is 24.8. The average molecular weight is 980 g/mol. The zero-order chi connectivity index (χ0) is 41.1. The number of esters is 1. The Morgan fingerprint density at radius 1 is 0.745 bits per heavy atom. The van der Waals surface area contributed by atoms with Crippen LogP contribution in [-0.2, 0) is 70.9 Å². The summed E-state index contributed by atoms with van der Waals surface area (Å²) in [6.45, 7) is 10.2. The van der Waals surface area contributed by atoms with Crippen LogP contribution in [0, 0.1) is 0 Å². The molecular weight excluding hydrogens is 932 g/mol. The third-order valence-electron chi connectivity index (χ3n) is 5.23.